The number of carbonyl (C=O) groups excluding carboxylic acids is 1. The largest absolute Gasteiger partial charge is 0.508 e. The molecule has 2 aromatic rings. The zero-order chi connectivity index (χ0) is 13.7. The zero-order valence-corrected chi connectivity index (χ0v) is 11.4. The molecule has 0 unspecified atom stereocenters. The van der Waals surface area contributed by atoms with Gasteiger partial charge in [0.05, 0.1) is 6.42 Å². The lowest BCUT2D eigenvalue weighted by Gasteiger charge is -2.01. The fourth-order valence-electron chi connectivity index (χ4n) is 1.58. The first-order valence-electron chi connectivity index (χ1n) is 6.07. The monoisotopic (exact) mass is 277 g/mol. The summed E-state index contributed by atoms with van der Waals surface area (Å²) in [5, 5.41) is 21.3. The predicted molar refractivity (Wildman–Crippen MR) is 74.3 cm³/mol. The van der Waals surface area contributed by atoms with Crippen LogP contribution < -0.4 is 5.32 Å². The minimum absolute atomic E-state index is 0.134. The predicted octanol–water partition coefficient (Wildman–Crippen LogP) is 2.38. The van der Waals surface area contributed by atoms with Crippen LogP contribution in [-0.2, 0) is 17.6 Å². The van der Waals surface area contributed by atoms with Crippen LogP contribution in [-0.4, -0.2) is 21.2 Å². The second-order valence-corrected chi connectivity index (χ2v) is 5.20. The highest BCUT2D eigenvalue weighted by atomic mass is 32.1. The Bertz CT molecular complexity index is 551. The van der Waals surface area contributed by atoms with Crippen LogP contribution in [0.15, 0.2) is 24.3 Å². The molecule has 0 saturated heterocycles. The molecular formula is C13H15N3O2S. The molecule has 0 radical (unpaired) electrons. The molecule has 0 atom stereocenters. The highest BCUT2D eigenvalue weighted by Crippen LogP contribution is 2.17. The van der Waals surface area contributed by atoms with Gasteiger partial charge in [-0.05, 0) is 24.1 Å². The number of anilines is 1. The van der Waals surface area contributed by atoms with E-state index in [2.05, 4.69) is 22.4 Å². The average molecular weight is 277 g/mol. The number of nitrogens with one attached hydrogen (secondary N) is 1. The lowest BCUT2D eigenvalue weighted by Crippen LogP contribution is -2.14. The maximum Gasteiger partial charge on any atom is 0.230 e. The van der Waals surface area contributed by atoms with E-state index in [0.29, 0.717) is 5.13 Å². The van der Waals surface area contributed by atoms with Gasteiger partial charge in [-0.25, -0.2) is 0 Å². The number of hydrogen-bond acceptors (Lipinski definition) is 5. The lowest BCUT2D eigenvalue weighted by molar-refractivity contribution is -0.115. The summed E-state index contributed by atoms with van der Waals surface area (Å²) in [6.45, 7) is 2.07. The van der Waals surface area contributed by atoms with Crippen LogP contribution in [0.25, 0.3) is 0 Å². The number of amides is 1. The number of hydrogen-bond donors (Lipinski definition) is 2. The number of rotatable bonds is 5. The topological polar surface area (TPSA) is 75.1 Å². The third-order valence-electron chi connectivity index (χ3n) is 2.48. The van der Waals surface area contributed by atoms with E-state index in [9.17, 15) is 4.79 Å². The summed E-state index contributed by atoms with van der Waals surface area (Å²) in [4.78, 5) is 11.8. The molecule has 0 aliphatic carbocycles. The van der Waals surface area contributed by atoms with E-state index in [0.717, 1.165) is 23.4 Å². The Morgan fingerprint density at radius 1 is 1.32 bits per heavy atom. The summed E-state index contributed by atoms with van der Waals surface area (Å²) >= 11 is 1.40. The summed E-state index contributed by atoms with van der Waals surface area (Å²) in [5.74, 6) is 0.0578. The third-order valence-corrected chi connectivity index (χ3v) is 3.38. The van der Waals surface area contributed by atoms with E-state index in [1.807, 2.05) is 0 Å². The van der Waals surface area contributed by atoms with Crippen molar-refractivity contribution in [2.24, 2.45) is 0 Å². The van der Waals surface area contributed by atoms with E-state index < -0.39 is 0 Å². The molecule has 0 bridgehead atoms. The number of benzene rings is 1. The highest BCUT2D eigenvalue weighted by Gasteiger charge is 2.08. The zero-order valence-electron chi connectivity index (χ0n) is 10.6. The molecule has 2 rings (SSSR count). The van der Waals surface area contributed by atoms with Crippen LogP contribution in [0.4, 0.5) is 5.13 Å². The van der Waals surface area contributed by atoms with Crippen molar-refractivity contribution in [3.63, 3.8) is 0 Å². The smallest absolute Gasteiger partial charge is 0.230 e. The Labute approximate surface area is 115 Å². The first-order chi connectivity index (χ1) is 9.17. The quantitative estimate of drug-likeness (QED) is 0.880. The van der Waals surface area contributed by atoms with Gasteiger partial charge in [-0.1, -0.05) is 30.4 Å². The van der Waals surface area contributed by atoms with Gasteiger partial charge in [0.15, 0.2) is 0 Å². The van der Waals surface area contributed by atoms with Gasteiger partial charge in [0.1, 0.15) is 10.8 Å². The third kappa shape index (κ3) is 4.03. The Hall–Kier alpha value is -1.95. The normalized spacial score (nSPS) is 10.4. The molecule has 2 N–H and O–H groups in total. The number of carbonyl (C=O) groups is 1. The Kier molecular flexibility index (Phi) is 4.46. The first kappa shape index (κ1) is 13.5. The highest BCUT2D eigenvalue weighted by molar-refractivity contribution is 7.15. The lowest BCUT2D eigenvalue weighted by atomic mass is 10.1. The molecule has 1 amide bonds. The van der Waals surface area contributed by atoms with E-state index in [1.54, 1.807) is 24.3 Å². The summed E-state index contributed by atoms with van der Waals surface area (Å²) in [5.41, 5.74) is 0.841. The van der Waals surface area contributed by atoms with Crippen LogP contribution in [0.5, 0.6) is 5.75 Å². The molecule has 1 aromatic carbocycles. The average Bonchev–Trinajstić information content (AvgIpc) is 2.80. The molecule has 1 heterocycles. The summed E-state index contributed by atoms with van der Waals surface area (Å²) < 4.78 is 0. The van der Waals surface area contributed by atoms with Gasteiger partial charge in [-0.3, -0.25) is 4.79 Å². The molecule has 0 aliphatic rings. The maximum atomic E-state index is 11.8. The van der Waals surface area contributed by atoms with E-state index >= 15 is 0 Å². The molecule has 0 aliphatic heterocycles. The van der Waals surface area contributed by atoms with Crippen LogP contribution in [0.1, 0.15) is 23.9 Å². The van der Waals surface area contributed by atoms with Crippen molar-refractivity contribution in [1.29, 1.82) is 0 Å². The minimum atomic E-state index is -0.134. The van der Waals surface area contributed by atoms with Crippen LogP contribution in [0.2, 0.25) is 0 Å². The van der Waals surface area contributed by atoms with Crippen LogP contribution in [0.3, 0.4) is 0 Å². The molecule has 6 heteroatoms. The Morgan fingerprint density at radius 3 is 2.74 bits per heavy atom. The minimum Gasteiger partial charge on any atom is -0.508 e. The number of aromatic hydroxyl groups is 1. The standard InChI is InChI=1S/C13H15N3O2S/c1-2-3-12-15-16-13(19-12)14-11(18)8-9-4-6-10(17)7-5-9/h4-7,17H,2-3,8H2,1H3,(H,14,16,18). The molecule has 0 fully saturated rings. The number of aryl methyl sites for hydroxylation is 1. The summed E-state index contributed by atoms with van der Waals surface area (Å²) in [6.07, 6.45) is 2.14. The van der Waals surface area contributed by atoms with Gasteiger partial charge in [-0.2, -0.15) is 0 Å². The molecule has 1 aromatic heterocycles. The van der Waals surface area contributed by atoms with Crippen molar-refractivity contribution in [1.82, 2.24) is 10.2 Å². The van der Waals surface area contributed by atoms with Gasteiger partial charge in [0.2, 0.25) is 11.0 Å². The van der Waals surface area contributed by atoms with Gasteiger partial charge >= 0.3 is 0 Å². The number of phenolic OH excluding ortho intramolecular Hbond substituents is 1. The number of aromatic nitrogens is 2. The van der Waals surface area contributed by atoms with Crippen molar-refractivity contribution in [3.8, 4) is 5.75 Å². The van der Waals surface area contributed by atoms with Crippen LogP contribution in [0, 0.1) is 0 Å². The number of nitrogens with zero attached hydrogens (tertiary/aromatic N) is 2. The van der Waals surface area contributed by atoms with Crippen LogP contribution >= 0.6 is 11.3 Å². The summed E-state index contributed by atoms with van der Waals surface area (Å²) in [6, 6.07) is 6.56. The molecule has 19 heavy (non-hydrogen) atoms. The Morgan fingerprint density at radius 2 is 2.05 bits per heavy atom. The molecule has 0 saturated carbocycles. The first-order valence-corrected chi connectivity index (χ1v) is 6.89. The van der Waals surface area contributed by atoms with Crippen molar-refractivity contribution in [3.05, 3.63) is 34.8 Å². The second-order valence-electron chi connectivity index (χ2n) is 4.14. The summed E-state index contributed by atoms with van der Waals surface area (Å²) in [7, 11) is 0. The second kappa shape index (κ2) is 6.29. The fraction of sp³-hybridized carbons (Fsp3) is 0.308. The fourth-order valence-corrected chi connectivity index (χ4v) is 2.44. The van der Waals surface area contributed by atoms with E-state index in [4.69, 9.17) is 5.11 Å². The van der Waals surface area contributed by atoms with Crippen molar-refractivity contribution < 1.29 is 9.90 Å². The molecule has 5 nitrogen and oxygen atoms in total. The maximum absolute atomic E-state index is 11.8. The van der Waals surface area contributed by atoms with Gasteiger partial charge in [0.25, 0.3) is 0 Å². The molecular weight excluding hydrogens is 262 g/mol. The van der Waals surface area contributed by atoms with Gasteiger partial charge in [-0.15, -0.1) is 10.2 Å². The molecule has 100 valence electrons. The van der Waals surface area contributed by atoms with Crippen molar-refractivity contribution in [2.45, 2.75) is 26.2 Å². The van der Waals surface area contributed by atoms with Gasteiger partial charge in [0, 0.05) is 6.42 Å². The van der Waals surface area contributed by atoms with Crippen molar-refractivity contribution in [2.75, 3.05) is 5.32 Å². The van der Waals surface area contributed by atoms with E-state index in [-0.39, 0.29) is 18.1 Å². The van der Waals surface area contributed by atoms with E-state index in [1.165, 1.54) is 11.3 Å². The van der Waals surface area contributed by atoms with Crippen molar-refractivity contribution >= 4 is 22.4 Å². The van der Waals surface area contributed by atoms with Gasteiger partial charge < -0.3 is 10.4 Å². The Balaban J connectivity index is 1.91. The molecule has 0 spiro atoms. The SMILES string of the molecule is CCCc1nnc(NC(=O)Cc2ccc(O)cc2)s1. The number of phenols is 1.